The Kier molecular flexibility index (Phi) is 6.43. The summed E-state index contributed by atoms with van der Waals surface area (Å²) >= 11 is 0. The van der Waals surface area contributed by atoms with Crippen molar-refractivity contribution in [3.8, 4) is 0 Å². The Labute approximate surface area is 112 Å². The zero-order valence-corrected chi connectivity index (χ0v) is 11.3. The first-order valence-electron chi connectivity index (χ1n) is 6.25. The number of methoxy groups -OCH3 is 1. The number of esters is 2. The number of ether oxygens (including phenoxy) is 2. The standard InChI is InChI=1S/C14H19NO4/c1-3-10-19-14(17)11-4-6-12(7-5-11)15-9-8-13(16)18-2/h4-7,15H,3,8-10H2,1-2H3. The van der Waals surface area contributed by atoms with Crippen molar-refractivity contribution in [2.45, 2.75) is 19.8 Å². The van der Waals surface area contributed by atoms with Crippen LogP contribution in [0, 0.1) is 0 Å². The molecule has 1 aromatic rings. The van der Waals surface area contributed by atoms with Crippen molar-refractivity contribution in [1.82, 2.24) is 0 Å². The molecule has 1 aromatic carbocycles. The molecule has 0 unspecified atom stereocenters. The molecule has 0 aliphatic rings. The fraction of sp³-hybridized carbons (Fsp3) is 0.429. The van der Waals surface area contributed by atoms with E-state index in [2.05, 4.69) is 10.1 Å². The van der Waals surface area contributed by atoms with Crippen LogP contribution < -0.4 is 5.32 Å². The van der Waals surface area contributed by atoms with Crippen LogP contribution in [0.4, 0.5) is 5.69 Å². The van der Waals surface area contributed by atoms with Gasteiger partial charge in [0.1, 0.15) is 0 Å². The van der Waals surface area contributed by atoms with Gasteiger partial charge < -0.3 is 14.8 Å². The maximum atomic E-state index is 11.6. The van der Waals surface area contributed by atoms with Gasteiger partial charge in [0.2, 0.25) is 0 Å². The van der Waals surface area contributed by atoms with Crippen LogP contribution in [0.2, 0.25) is 0 Å². The minimum absolute atomic E-state index is 0.257. The predicted molar refractivity (Wildman–Crippen MR) is 72.1 cm³/mol. The lowest BCUT2D eigenvalue weighted by atomic mass is 10.2. The summed E-state index contributed by atoms with van der Waals surface area (Å²) in [6, 6.07) is 6.94. The monoisotopic (exact) mass is 265 g/mol. The zero-order valence-electron chi connectivity index (χ0n) is 11.3. The molecule has 0 saturated heterocycles. The molecule has 0 aromatic heterocycles. The summed E-state index contributed by atoms with van der Waals surface area (Å²) in [5, 5.41) is 3.07. The highest BCUT2D eigenvalue weighted by Crippen LogP contribution is 2.10. The maximum Gasteiger partial charge on any atom is 0.338 e. The molecule has 104 valence electrons. The SMILES string of the molecule is CCCOC(=O)c1ccc(NCCC(=O)OC)cc1. The first-order valence-corrected chi connectivity index (χ1v) is 6.25. The third-order valence-corrected chi connectivity index (χ3v) is 2.44. The molecule has 0 fully saturated rings. The van der Waals surface area contributed by atoms with Crippen molar-refractivity contribution in [3.63, 3.8) is 0 Å². The van der Waals surface area contributed by atoms with Crippen molar-refractivity contribution >= 4 is 17.6 Å². The van der Waals surface area contributed by atoms with Gasteiger partial charge in [-0.3, -0.25) is 4.79 Å². The topological polar surface area (TPSA) is 64.6 Å². The molecule has 0 atom stereocenters. The molecule has 19 heavy (non-hydrogen) atoms. The summed E-state index contributed by atoms with van der Waals surface area (Å²) in [7, 11) is 1.36. The van der Waals surface area contributed by atoms with Crippen LogP contribution in [0.15, 0.2) is 24.3 Å². The number of benzene rings is 1. The number of carbonyl (C=O) groups is 2. The molecule has 0 heterocycles. The van der Waals surface area contributed by atoms with Crippen molar-refractivity contribution in [2.24, 2.45) is 0 Å². The lowest BCUT2D eigenvalue weighted by molar-refractivity contribution is -0.140. The summed E-state index contributed by atoms with van der Waals surface area (Å²) in [5.74, 6) is -0.574. The molecule has 0 aliphatic heterocycles. The fourth-order valence-electron chi connectivity index (χ4n) is 1.41. The minimum Gasteiger partial charge on any atom is -0.469 e. The molecule has 0 bridgehead atoms. The quantitative estimate of drug-likeness (QED) is 0.766. The summed E-state index contributed by atoms with van der Waals surface area (Å²) in [6.45, 7) is 2.87. The number of anilines is 1. The van der Waals surface area contributed by atoms with Crippen LogP contribution in [-0.2, 0) is 14.3 Å². The molecule has 0 saturated carbocycles. The van der Waals surface area contributed by atoms with E-state index in [-0.39, 0.29) is 11.9 Å². The molecule has 0 radical (unpaired) electrons. The van der Waals surface area contributed by atoms with Gasteiger partial charge in [-0.05, 0) is 30.7 Å². The largest absolute Gasteiger partial charge is 0.469 e. The Morgan fingerprint density at radius 1 is 1.21 bits per heavy atom. The van der Waals surface area contributed by atoms with Gasteiger partial charge in [-0.15, -0.1) is 0 Å². The van der Waals surface area contributed by atoms with Crippen molar-refractivity contribution in [3.05, 3.63) is 29.8 Å². The van der Waals surface area contributed by atoms with Gasteiger partial charge in [0.15, 0.2) is 0 Å². The van der Waals surface area contributed by atoms with E-state index in [0.717, 1.165) is 12.1 Å². The molecule has 5 heteroatoms. The number of nitrogens with one attached hydrogen (secondary N) is 1. The van der Waals surface area contributed by atoms with Crippen molar-refractivity contribution in [2.75, 3.05) is 25.6 Å². The van der Waals surface area contributed by atoms with Gasteiger partial charge in [-0.2, -0.15) is 0 Å². The second-order valence-corrected chi connectivity index (χ2v) is 3.97. The van der Waals surface area contributed by atoms with Crippen LogP contribution in [0.3, 0.4) is 0 Å². The molecule has 0 amide bonds. The Balaban J connectivity index is 2.43. The van der Waals surface area contributed by atoms with Crippen molar-refractivity contribution < 1.29 is 19.1 Å². The molecule has 0 spiro atoms. The Morgan fingerprint density at radius 2 is 1.89 bits per heavy atom. The third-order valence-electron chi connectivity index (χ3n) is 2.44. The van der Waals surface area contributed by atoms with Crippen LogP contribution in [0.25, 0.3) is 0 Å². The molecule has 5 nitrogen and oxygen atoms in total. The number of hydrogen-bond acceptors (Lipinski definition) is 5. The molecular weight excluding hydrogens is 246 g/mol. The van der Waals surface area contributed by atoms with Gasteiger partial charge in [0.25, 0.3) is 0 Å². The average Bonchev–Trinajstić information content (AvgIpc) is 2.45. The maximum absolute atomic E-state index is 11.6. The first kappa shape index (κ1) is 15.0. The Morgan fingerprint density at radius 3 is 2.47 bits per heavy atom. The summed E-state index contributed by atoms with van der Waals surface area (Å²) in [6.07, 6.45) is 1.11. The lowest BCUT2D eigenvalue weighted by Crippen LogP contribution is -2.10. The van der Waals surface area contributed by atoms with E-state index in [1.54, 1.807) is 24.3 Å². The number of rotatable bonds is 7. The van der Waals surface area contributed by atoms with Crippen LogP contribution in [0.1, 0.15) is 30.1 Å². The van der Waals surface area contributed by atoms with E-state index < -0.39 is 0 Å². The van der Waals surface area contributed by atoms with Crippen LogP contribution >= 0.6 is 0 Å². The Bertz CT molecular complexity index is 414. The van der Waals surface area contributed by atoms with E-state index in [9.17, 15) is 9.59 Å². The highest BCUT2D eigenvalue weighted by molar-refractivity contribution is 5.89. The summed E-state index contributed by atoms with van der Waals surface area (Å²) in [4.78, 5) is 22.5. The van der Waals surface area contributed by atoms with Crippen molar-refractivity contribution in [1.29, 1.82) is 0 Å². The second-order valence-electron chi connectivity index (χ2n) is 3.97. The highest BCUT2D eigenvalue weighted by atomic mass is 16.5. The van der Waals surface area contributed by atoms with Crippen LogP contribution in [-0.4, -0.2) is 32.2 Å². The average molecular weight is 265 g/mol. The second kappa shape index (κ2) is 8.13. The smallest absolute Gasteiger partial charge is 0.338 e. The third kappa shape index (κ3) is 5.42. The number of carbonyl (C=O) groups excluding carboxylic acids is 2. The van der Waals surface area contributed by atoms with E-state index in [4.69, 9.17) is 4.74 Å². The van der Waals surface area contributed by atoms with E-state index >= 15 is 0 Å². The molecule has 1 rings (SSSR count). The lowest BCUT2D eigenvalue weighted by Gasteiger charge is -2.07. The normalized spacial score (nSPS) is 9.79. The first-order chi connectivity index (χ1) is 9.17. The highest BCUT2D eigenvalue weighted by Gasteiger charge is 2.06. The van der Waals surface area contributed by atoms with Gasteiger partial charge in [0.05, 0.1) is 25.7 Å². The molecule has 0 aliphatic carbocycles. The van der Waals surface area contributed by atoms with Gasteiger partial charge in [-0.25, -0.2) is 4.79 Å². The summed E-state index contributed by atoms with van der Waals surface area (Å²) in [5.41, 5.74) is 1.36. The molecule has 1 N–H and O–H groups in total. The van der Waals surface area contributed by atoms with E-state index in [0.29, 0.717) is 25.1 Å². The fourth-order valence-corrected chi connectivity index (χ4v) is 1.41. The Hall–Kier alpha value is -2.04. The minimum atomic E-state index is -0.317. The molecular formula is C14H19NO4. The van der Waals surface area contributed by atoms with Gasteiger partial charge >= 0.3 is 11.9 Å². The van der Waals surface area contributed by atoms with Gasteiger partial charge in [0, 0.05) is 12.2 Å². The number of hydrogen-bond donors (Lipinski definition) is 1. The van der Waals surface area contributed by atoms with E-state index in [1.807, 2.05) is 6.92 Å². The predicted octanol–water partition coefficient (Wildman–Crippen LogP) is 2.23. The van der Waals surface area contributed by atoms with Crippen LogP contribution in [0.5, 0.6) is 0 Å². The summed E-state index contributed by atoms with van der Waals surface area (Å²) < 4.78 is 9.56. The zero-order chi connectivity index (χ0) is 14.1. The van der Waals surface area contributed by atoms with E-state index in [1.165, 1.54) is 7.11 Å². The van der Waals surface area contributed by atoms with Gasteiger partial charge in [-0.1, -0.05) is 6.92 Å².